The molecule has 1 aromatic carbocycles. The van der Waals surface area contributed by atoms with Crippen LogP contribution in [0.1, 0.15) is 12.0 Å². The van der Waals surface area contributed by atoms with Crippen molar-refractivity contribution in [1.82, 2.24) is 4.72 Å². The van der Waals surface area contributed by atoms with E-state index in [9.17, 15) is 13.2 Å². The van der Waals surface area contributed by atoms with Crippen LogP contribution in [0, 0.1) is 0 Å². The minimum Gasteiger partial charge on any atom is -0.469 e. The lowest BCUT2D eigenvalue weighted by atomic mass is 10.2. The van der Waals surface area contributed by atoms with Crippen molar-refractivity contribution in [1.29, 1.82) is 0 Å². The summed E-state index contributed by atoms with van der Waals surface area (Å²) in [6.45, 7) is -0.0329. The fourth-order valence-corrected chi connectivity index (χ4v) is 2.30. The molecule has 0 radical (unpaired) electrons. The number of rotatable bonds is 6. The first kappa shape index (κ1) is 15.1. The van der Waals surface area contributed by atoms with Gasteiger partial charge in [-0.25, -0.2) is 13.1 Å². The summed E-state index contributed by atoms with van der Waals surface area (Å²) in [5, 5.41) is 11.2. The van der Waals surface area contributed by atoms with Gasteiger partial charge in [0, 0.05) is 6.54 Å². The predicted octanol–water partition coefficient (Wildman–Crippen LogP) is 0.336. The third kappa shape index (κ3) is 4.68. The number of nitrogens with zero attached hydrogens (tertiary/aromatic N) is 1. The Hall–Kier alpha value is -1.93. The number of sulfonamides is 1. The molecule has 0 saturated carbocycles. The first-order chi connectivity index (χ1) is 8.99. The highest BCUT2D eigenvalue weighted by Gasteiger charge is 2.13. The number of benzene rings is 1. The summed E-state index contributed by atoms with van der Waals surface area (Å²) in [4.78, 5) is 10.9. The molecule has 0 saturated heterocycles. The lowest BCUT2D eigenvalue weighted by Gasteiger charge is -2.06. The van der Waals surface area contributed by atoms with Crippen molar-refractivity contribution in [2.45, 2.75) is 11.3 Å². The fourth-order valence-electron chi connectivity index (χ4n) is 1.27. The van der Waals surface area contributed by atoms with Crippen LogP contribution >= 0.6 is 0 Å². The summed E-state index contributed by atoms with van der Waals surface area (Å²) in [5.41, 5.74) is 0.566. The molecule has 1 rings (SSSR count). The maximum absolute atomic E-state index is 11.8. The molecule has 0 heterocycles. The van der Waals surface area contributed by atoms with Crippen LogP contribution in [0.15, 0.2) is 34.3 Å². The Balaban J connectivity index is 2.69. The molecule has 0 amide bonds. The molecule has 8 heteroatoms. The summed E-state index contributed by atoms with van der Waals surface area (Å²) >= 11 is 0. The Morgan fingerprint density at radius 1 is 1.42 bits per heavy atom. The second kappa shape index (κ2) is 6.86. The van der Waals surface area contributed by atoms with Gasteiger partial charge in [-0.3, -0.25) is 4.79 Å². The minimum absolute atomic E-state index is 0.0329. The number of hydrogen-bond acceptors (Lipinski definition) is 6. The fraction of sp³-hybridized carbons (Fsp3) is 0.273. The van der Waals surface area contributed by atoms with Crippen LogP contribution in [0.4, 0.5) is 0 Å². The van der Waals surface area contributed by atoms with Gasteiger partial charge >= 0.3 is 5.97 Å². The normalized spacial score (nSPS) is 11.6. The molecule has 0 aliphatic rings. The molecule has 0 spiro atoms. The van der Waals surface area contributed by atoms with Gasteiger partial charge in [0.2, 0.25) is 10.0 Å². The van der Waals surface area contributed by atoms with E-state index in [2.05, 4.69) is 14.6 Å². The van der Waals surface area contributed by atoms with Crippen molar-refractivity contribution in [3.8, 4) is 0 Å². The number of nitrogens with one attached hydrogen (secondary N) is 1. The molecule has 0 unspecified atom stereocenters. The number of carbonyl (C=O) groups is 1. The number of oxime groups is 1. The van der Waals surface area contributed by atoms with Gasteiger partial charge in [0.25, 0.3) is 0 Å². The van der Waals surface area contributed by atoms with Gasteiger partial charge < -0.3 is 9.94 Å². The van der Waals surface area contributed by atoms with E-state index in [-0.39, 0.29) is 17.9 Å². The number of carbonyl (C=O) groups excluding carboxylic acids is 1. The molecule has 1 aromatic rings. The highest BCUT2D eigenvalue weighted by atomic mass is 32.2. The second-order valence-corrected chi connectivity index (χ2v) is 5.30. The maximum atomic E-state index is 11.8. The summed E-state index contributed by atoms with van der Waals surface area (Å²) in [6, 6.07) is 5.73. The Morgan fingerprint density at radius 2 is 2.05 bits per heavy atom. The molecule has 2 N–H and O–H groups in total. The summed E-state index contributed by atoms with van der Waals surface area (Å²) in [5.74, 6) is -0.489. The molecule has 0 aromatic heterocycles. The van der Waals surface area contributed by atoms with Gasteiger partial charge in [-0.1, -0.05) is 17.3 Å². The Morgan fingerprint density at radius 3 is 2.58 bits per heavy atom. The van der Waals surface area contributed by atoms with E-state index < -0.39 is 16.0 Å². The van der Waals surface area contributed by atoms with Crippen molar-refractivity contribution in [3.63, 3.8) is 0 Å². The summed E-state index contributed by atoms with van der Waals surface area (Å²) in [6.07, 6.45) is 1.14. The van der Waals surface area contributed by atoms with Crippen LogP contribution < -0.4 is 4.72 Å². The van der Waals surface area contributed by atoms with Gasteiger partial charge in [0.15, 0.2) is 0 Å². The van der Waals surface area contributed by atoms with E-state index in [1.165, 1.54) is 37.6 Å². The zero-order valence-corrected chi connectivity index (χ0v) is 11.1. The third-order valence-corrected chi connectivity index (χ3v) is 3.72. The largest absolute Gasteiger partial charge is 0.469 e. The van der Waals surface area contributed by atoms with Crippen molar-refractivity contribution in [3.05, 3.63) is 29.8 Å². The Kier molecular flexibility index (Phi) is 5.46. The van der Waals surface area contributed by atoms with E-state index in [1.54, 1.807) is 0 Å². The molecule has 0 bridgehead atoms. The molecule has 7 nitrogen and oxygen atoms in total. The van der Waals surface area contributed by atoms with Gasteiger partial charge in [-0.05, 0) is 17.7 Å². The van der Waals surface area contributed by atoms with E-state index >= 15 is 0 Å². The van der Waals surface area contributed by atoms with Crippen LogP contribution in [0.3, 0.4) is 0 Å². The molecular weight excluding hydrogens is 272 g/mol. The molecule has 0 aliphatic heterocycles. The second-order valence-electron chi connectivity index (χ2n) is 3.54. The van der Waals surface area contributed by atoms with Gasteiger partial charge in [0.05, 0.1) is 24.6 Å². The minimum atomic E-state index is -3.66. The predicted molar refractivity (Wildman–Crippen MR) is 67.6 cm³/mol. The average Bonchev–Trinajstić information content (AvgIpc) is 2.39. The van der Waals surface area contributed by atoms with Crippen LogP contribution in [0.5, 0.6) is 0 Å². The van der Waals surface area contributed by atoms with Crippen molar-refractivity contribution in [2.75, 3.05) is 13.7 Å². The zero-order valence-electron chi connectivity index (χ0n) is 10.2. The van der Waals surface area contributed by atoms with E-state index in [0.29, 0.717) is 5.56 Å². The third-order valence-electron chi connectivity index (χ3n) is 2.25. The van der Waals surface area contributed by atoms with Crippen molar-refractivity contribution in [2.24, 2.45) is 5.16 Å². The quantitative estimate of drug-likeness (QED) is 0.339. The average molecular weight is 286 g/mol. The highest BCUT2D eigenvalue weighted by molar-refractivity contribution is 7.89. The number of methoxy groups -OCH3 is 1. The highest BCUT2D eigenvalue weighted by Crippen LogP contribution is 2.09. The van der Waals surface area contributed by atoms with E-state index in [0.717, 1.165) is 0 Å². The van der Waals surface area contributed by atoms with Crippen LogP contribution in [-0.4, -0.2) is 39.5 Å². The van der Waals surface area contributed by atoms with Gasteiger partial charge in [-0.2, -0.15) is 0 Å². The summed E-state index contributed by atoms with van der Waals surface area (Å²) in [7, 11) is -2.43. The van der Waals surface area contributed by atoms with Crippen LogP contribution in [0.25, 0.3) is 0 Å². The molecule has 0 fully saturated rings. The molecule has 0 aliphatic carbocycles. The molecule has 104 valence electrons. The molecule has 0 atom stereocenters. The first-order valence-corrected chi connectivity index (χ1v) is 6.82. The van der Waals surface area contributed by atoms with Gasteiger partial charge in [0.1, 0.15) is 0 Å². The zero-order chi connectivity index (χ0) is 14.3. The van der Waals surface area contributed by atoms with E-state index in [4.69, 9.17) is 5.21 Å². The topological polar surface area (TPSA) is 105 Å². The van der Waals surface area contributed by atoms with Crippen LogP contribution in [-0.2, 0) is 19.6 Å². The number of hydrogen-bond donors (Lipinski definition) is 2. The molecular formula is C11H14N2O5S. The van der Waals surface area contributed by atoms with Gasteiger partial charge in [-0.15, -0.1) is 0 Å². The SMILES string of the molecule is COC(=O)CCNS(=O)(=O)c1ccc(C=NO)cc1. The standard InChI is InChI=1S/C11H14N2O5S/c1-18-11(14)6-7-13-19(16,17)10-4-2-9(3-5-10)8-12-15/h2-5,8,13,15H,6-7H2,1H3. The lowest BCUT2D eigenvalue weighted by Crippen LogP contribution is -2.26. The lowest BCUT2D eigenvalue weighted by molar-refractivity contribution is -0.140. The Labute approximate surface area is 110 Å². The van der Waals surface area contributed by atoms with Crippen molar-refractivity contribution < 1.29 is 23.2 Å². The summed E-state index contributed by atoms with van der Waals surface area (Å²) < 4.78 is 30.3. The Bertz CT molecular complexity index is 551. The maximum Gasteiger partial charge on any atom is 0.306 e. The monoisotopic (exact) mass is 286 g/mol. The smallest absolute Gasteiger partial charge is 0.306 e. The van der Waals surface area contributed by atoms with Crippen LogP contribution in [0.2, 0.25) is 0 Å². The molecule has 19 heavy (non-hydrogen) atoms. The van der Waals surface area contributed by atoms with Crippen molar-refractivity contribution >= 4 is 22.2 Å². The number of esters is 1. The number of ether oxygens (including phenoxy) is 1. The van der Waals surface area contributed by atoms with E-state index in [1.807, 2.05) is 0 Å². The first-order valence-electron chi connectivity index (χ1n) is 5.33.